The standard InChI is InChI=1S/C8H8BrN5/c1-5(9)2-14-4-13-6-7(10)11-3-12-8(6)14/h3-4H,1-2H2,(H2,10,11,12). The van der Waals surface area contributed by atoms with Crippen LogP contribution in [0.2, 0.25) is 0 Å². The number of hydrogen-bond donors (Lipinski definition) is 1. The van der Waals surface area contributed by atoms with Crippen molar-refractivity contribution in [2.24, 2.45) is 0 Å². The first kappa shape index (κ1) is 9.14. The molecule has 0 aliphatic carbocycles. The maximum Gasteiger partial charge on any atom is 0.165 e. The van der Waals surface area contributed by atoms with E-state index in [9.17, 15) is 0 Å². The SMILES string of the molecule is C=C(Br)Cn1cnc2c(N)ncnc21. The molecule has 2 N–H and O–H groups in total. The Morgan fingerprint density at radius 2 is 2.29 bits per heavy atom. The van der Waals surface area contributed by atoms with Crippen molar-refractivity contribution >= 4 is 32.9 Å². The van der Waals surface area contributed by atoms with E-state index in [-0.39, 0.29) is 0 Å². The Labute approximate surface area is 88.8 Å². The predicted octanol–water partition coefficient (Wildman–Crippen LogP) is 1.32. The number of anilines is 1. The first-order chi connectivity index (χ1) is 6.68. The van der Waals surface area contributed by atoms with Crippen LogP contribution < -0.4 is 5.73 Å². The van der Waals surface area contributed by atoms with Gasteiger partial charge in [0.15, 0.2) is 11.5 Å². The van der Waals surface area contributed by atoms with E-state index in [1.54, 1.807) is 6.33 Å². The number of nitrogen functional groups attached to an aromatic ring is 1. The van der Waals surface area contributed by atoms with E-state index in [2.05, 4.69) is 37.5 Å². The summed E-state index contributed by atoms with van der Waals surface area (Å²) in [5.74, 6) is 0.397. The lowest BCUT2D eigenvalue weighted by atomic mass is 10.5. The number of nitrogens with zero attached hydrogens (tertiary/aromatic N) is 4. The third-order valence-corrected chi connectivity index (χ3v) is 2.02. The van der Waals surface area contributed by atoms with E-state index in [0.717, 1.165) is 10.1 Å². The van der Waals surface area contributed by atoms with Gasteiger partial charge in [0.2, 0.25) is 0 Å². The van der Waals surface area contributed by atoms with E-state index >= 15 is 0 Å². The molecule has 2 heterocycles. The molecule has 0 unspecified atom stereocenters. The number of fused-ring (bicyclic) bond motifs is 1. The summed E-state index contributed by atoms with van der Waals surface area (Å²) in [5, 5.41) is 0. The molecule has 0 saturated carbocycles. The number of aromatic nitrogens is 4. The second kappa shape index (κ2) is 3.38. The average molecular weight is 254 g/mol. The summed E-state index contributed by atoms with van der Waals surface area (Å²) in [6.45, 7) is 4.37. The zero-order valence-electron chi connectivity index (χ0n) is 7.31. The minimum absolute atomic E-state index is 0.397. The molecule has 0 aliphatic rings. The van der Waals surface area contributed by atoms with Crippen molar-refractivity contribution in [1.29, 1.82) is 0 Å². The predicted molar refractivity (Wildman–Crippen MR) is 57.8 cm³/mol. The molecule has 72 valence electrons. The summed E-state index contributed by atoms with van der Waals surface area (Å²) in [4.78, 5) is 12.1. The Morgan fingerprint density at radius 3 is 3.00 bits per heavy atom. The number of nitrogens with two attached hydrogens (primary N) is 1. The fraction of sp³-hybridized carbons (Fsp3) is 0.125. The topological polar surface area (TPSA) is 69.6 Å². The summed E-state index contributed by atoms with van der Waals surface area (Å²) in [5.41, 5.74) is 6.99. The molecule has 5 nitrogen and oxygen atoms in total. The molecule has 2 aromatic rings. The van der Waals surface area contributed by atoms with Crippen molar-refractivity contribution in [1.82, 2.24) is 19.5 Å². The van der Waals surface area contributed by atoms with Gasteiger partial charge in [0.05, 0.1) is 12.9 Å². The molecule has 6 heteroatoms. The van der Waals surface area contributed by atoms with Crippen LogP contribution in [0.4, 0.5) is 5.82 Å². The van der Waals surface area contributed by atoms with Crippen LogP contribution in [0.15, 0.2) is 23.7 Å². The number of allylic oxidation sites excluding steroid dienone is 1. The monoisotopic (exact) mass is 253 g/mol. The highest BCUT2D eigenvalue weighted by Gasteiger charge is 2.07. The maximum atomic E-state index is 5.64. The molecular formula is C8H8BrN5. The van der Waals surface area contributed by atoms with E-state index in [4.69, 9.17) is 5.73 Å². The average Bonchev–Trinajstić information content (AvgIpc) is 2.49. The lowest BCUT2D eigenvalue weighted by Gasteiger charge is -2.00. The van der Waals surface area contributed by atoms with E-state index in [1.165, 1.54) is 6.33 Å². The Balaban J connectivity index is 2.58. The first-order valence-electron chi connectivity index (χ1n) is 3.93. The highest BCUT2D eigenvalue weighted by Crippen LogP contribution is 2.16. The van der Waals surface area contributed by atoms with Gasteiger partial charge in [-0.3, -0.25) is 0 Å². The smallest absolute Gasteiger partial charge is 0.165 e. The van der Waals surface area contributed by atoms with Crippen molar-refractivity contribution in [3.8, 4) is 0 Å². The van der Waals surface area contributed by atoms with Crippen LogP contribution in [-0.4, -0.2) is 19.5 Å². The quantitative estimate of drug-likeness (QED) is 0.877. The van der Waals surface area contributed by atoms with Gasteiger partial charge in [0, 0.05) is 4.48 Å². The Kier molecular flexibility index (Phi) is 2.20. The number of rotatable bonds is 2. The maximum absolute atomic E-state index is 5.64. The van der Waals surface area contributed by atoms with Crippen molar-refractivity contribution in [2.75, 3.05) is 5.73 Å². The van der Waals surface area contributed by atoms with E-state index in [0.29, 0.717) is 17.9 Å². The van der Waals surface area contributed by atoms with Gasteiger partial charge in [-0.05, 0) is 0 Å². The molecule has 0 radical (unpaired) electrons. The fourth-order valence-corrected chi connectivity index (χ4v) is 1.47. The van der Waals surface area contributed by atoms with Crippen molar-refractivity contribution < 1.29 is 0 Å². The van der Waals surface area contributed by atoms with Gasteiger partial charge in [0.25, 0.3) is 0 Å². The van der Waals surface area contributed by atoms with Crippen LogP contribution in [0, 0.1) is 0 Å². The summed E-state index contributed by atoms with van der Waals surface area (Å²) in [6.07, 6.45) is 3.09. The Morgan fingerprint density at radius 1 is 1.50 bits per heavy atom. The molecule has 0 atom stereocenters. The summed E-state index contributed by atoms with van der Waals surface area (Å²) in [7, 11) is 0. The Hall–Kier alpha value is -1.43. The molecule has 0 spiro atoms. The third kappa shape index (κ3) is 1.48. The molecule has 0 aromatic carbocycles. The van der Waals surface area contributed by atoms with Crippen LogP contribution >= 0.6 is 15.9 Å². The lowest BCUT2D eigenvalue weighted by molar-refractivity contribution is 0.832. The van der Waals surface area contributed by atoms with Crippen LogP contribution in [0.3, 0.4) is 0 Å². The zero-order valence-corrected chi connectivity index (χ0v) is 8.90. The van der Waals surface area contributed by atoms with Crippen molar-refractivity contribution in [2.45, 2.75) is 6.54 Å². The first-order valence-corrected chi connectivity index (χ1v) is 4.72. The summed E-state index contributed by atoms with van der Waals surface area (Å²) in [6, 6.07) is 0. The highest BCUT2D eigenvalue weighted by atomic mass is 79.9. The summed E-state index contributed by atoms with van der Waals surface area (Å²) >= 11 is 3.28. The van der Waals surface area contributed by atoms with Gasteiger partial charge < -0.3 is 10.3 Å². The number of hydrogen-bond acceptors (Lipinski definition) is 4. The van der Waals surface area contributed by atoms with Crippen LogP contribution in [0.5, 0.6) is 0 Å². The van der Waals surface area contributed by atoms with Crippen molar-refractivity contribution in [3.63, 3.8) is 0 Å². The molecule has 0 aliphatic heterocycles. The normalized spacial score (nSPS) is 10.6. The minimum atomic E-state index is 0.397. The molecule has 2 rings (SSSR count). The third-order valence-electron chi connectivity index (χ3n) is 1.77. The second-order valence-electron chi connectivity index (χ2n) is 2.82. The van der Waals surface area contributed by atoms with Crippen LogP contribution in [-0.2, 0) is 6.54 Å². The molecule has 0 fully saturated rings. The molecule has 0 amide bonds. The number of imidazole rings is 1. The summed E-state index contributed by atoms with van der Waals surface area (Å²) < 4.78 is 2.71. The van der Waals surface area contributed by atoms with Gasteiger partial charge in [-0.25, -0.2) is 15.0 Å². The molecule has 0 saturated heterocycles. The molecule has 14 heavy (non-hydrogen) atoms. The van der Waals surface area contributed by atoms with E-state index in [1.807, 2.05) is 4.57 Å². The van der Waals surface area contributed by atoms with Crippen LogP contribution in [0.1, 0.15) is 0 Å². The molecule has 2 aromatic heterocycles. The van der Waals surface area contributed by atoms with E-state index < -0.39 is 0 Å². The van der Waals surface area contributed by atoms with Gasteiger partial charge in [-0.2, -0.15) is 0 Å². The molecule has 0 bridgehead atoms. The zero-order chi connectivity index (χ0) is 10.1. The van der Waals surface area contributed by atoms with Gasteiger partial charge in [-0.15, -0.1) is 0 Å². The second-order valence-corrected chi connectivity index (χ2v) is 3.94. The molecular weight excluding hydrogens is 246 g/mol. The van der Waals surface area contributed by atoms with Crippen LogP contribution in [0.25, 0.3) is 11.2 Å². The highest BCUT2D eigenvalue weighted by molar-refractivity contribution is 9.11. The lowest BCUT2D eigenvalue weighted by Crippen LogP contribution is -1.98. The Bertz CT molecular complexity index is 489. The minimum Gasteiger partial charge on any atom is -0.382 e. The van der Waals surface area contributed by atoms with Crippen molar-refractivity contribution in [3.05, 3.63) is 23.7 Å². The van der Waals surface area contributed by atoms with Gasteiger partial charge in [-0.1, -0.05) is 22.5 Å². The largest absolute Gasteiger partial charge is 0.382 e. The van der Waals surface area contributed by atoms with Gasteiger partial charge >= 0.3 is 0 Å². The fourth-order valence-electron chi connectivity index (χ4n) is 1.20. The van der Waals surface area contributed by atoms with Gasteiger partial charge in [0.1, 0.15) is 11.8 Å². The number of halogens is 1.